The molecule has 0 atom stereocenters. The molecule has 4 N–H and O–H groups in total. The van der Waals surface area contributed by atoms with Crippen LogP contribution >= 0.6 is 0 Å². The molecule has 8 heteroatoms. The molecule has 0 radical (unpaired) electrons. The van der Waals surface area contributed by atoms with E-state index in [9.17, 15) is 0 Å². The van der Waals surface area contributed by atoms with Crippen molar-refractivity contribution in [2.45, 2.75) is 39.8 Å². The second kappa shape index (κ2) is 8.78. The Hall–Kier alpha value is -3.65. The smallest absolute Gasteiger partial charge is 0.113 e. The van der Waals surface area contributed by atoms with E-state index in [1.165, 1.54) is 30.1 Å². The fraction of sp³-hybridized carbons (Fsp3) is 0.393. The number of rotatable bonds is 7. The predicted octanol–water partition coefficient (Wildman–Crippen LogP) is 4.50. The number of benzene rings is 2. The van der Waals surface area contributed by atoms with Crippen LogP contribution in [0.15, 0.2) is 42.6 Å². The molecular weight excluding hydrogens is 448 g/mol. The molecule has 4 heterocycles. The molecule has 6 rings (SSSR count). The van der Waals surface area contributed by atoms with Crippen molar-refractivity contribution in [2.24, 2.45) is 5.41 Å². The summed E-state index contributed by atoms with van der Waals surface area (Å²) in [6, 6.07) is 12.8. The molecule has 0 saturated carbocycles. The lowest BCUT2D eigenvalue weighted by molar-refractivity contribution is 0.126. The molecular formula is C28H34N8. The van der Waals surface area contributed by atoms with Crippen LogP contribution in [0.3, 0.4) is 0 Å². The van der Waals surface area contributed by atoms with Crippen LogP contribution in [-0.2, 0) is 13.1 Å². The number of hydrogen-bond acceptors (Lipinski definition) is 6. The van der Waals surface area contributed by atoms with Crippen LogP contribution in [0.2, 0.25) is 0 Å². The highest BCUT2D eigenvalue weighted by molar-refractivity contribution is 5.96. The average molecular weight is 483 g/mol. The Morgan fingerprint density at radius 3 is 2.61 bits per heavy atom. The van der Waals surface area contributed by atoms with Crippen molar-refractivity contribution < 1.29 is 0 Å². The summed E-state index contributed by atoms with van der Waals surface area (Å²) in [4.78, 5) is 8.43. The van der Waals surface area contributed by atoms with Gasteiger partial charge in [-0.3, -0.25) is 4.90 Å². The number of likely N-dealkylation sites (tertiary alicyclic amines) is 1. The van der Waals surface area contributed by atoms with Gasteiger partial charge in [-0.2, -0.15) is 0 Å². The molecule has 2 fully saturated rings. The number of H-pyrrole nitrogens is 1. The highest BCUT2D eigenvalue weighted by atomic mass is 15.4. The minimum absolute atomic E-state index is 0.471. The zero-order chi connectivity index (χ0) is 24.9. The number of anilines is 2. The van der Waals surface area contributed by atoms with E-state index in [-0.39, 0.29) is 0 Å². The Labute approximate surface area is 211 Å². The lowest BCUT2D eigenvalue weighted by Crippen LogP contribution is -2.36. The molecule has 0 unspecified atom stereocenters. The number of hydrogen-bond donors (Lipinski definition) is 3. The zero-order valence-electron chi connectivity index (χ0n) is 21.1. The highest BCUT2D eigenvalue weighted by Crippen LogP contribution is 2.33. The lowest BCUT2D eigenvalue weighted by Gasteiger charge is -2.36. The highest BCUT2D eigenvalue weighted by Gasteiger charge is 2.25. The van der Waals surface area contributed by atoms with Crippen molar-refractivity contribution >= 4 is 28.5 Å². The van der Waals surface area contributed by atoms with E-state index >= 15 is 0 Å². The van der Waals surface area contributed by atoms with Gasteiger partial charge in [-0.15, -0.1) is 5.10 Å². The van der Waals surface area contributed by atoms with Gasteiger partial charge in [-0.25, -0.2) is 4.68 Å². The lowest BCUT2D eigenvalue weighted by atomic mass is 9.83. The van der Waals surface area contributed by atoms with E-state index in [0.717, 1.165) is 60.7 Å². The van der Waals surface area contributed by atoms with E-state index < -0.39 is 0 Å². The van der Waals surface area contributed by atoms with Gasteiger partial charge in [0.25, 0.3) is 0 Å². The number of piperidine rings is 1. The maximum absolute atomic E-state index is 7.85. The molecule has 2 aromatic heterocycles. The number of nitrogen functional groups attached to an aromatic ring is 1. The Balaban J connectivity index is 1.19. The number of aromatic nitrogens is 4. The van der Waals surface area contributed by atoms with E-state index in [1.54, 1.807) is 0 Å². The van der Waals surface area contributed by atoms with Crippen LogP contribution in [0.1, 0.15) is 43.5 Å². The fourth-order valence-corrected chi connectivity index (χ4v) is 5.19. The monoisotopic (exact) mass is 482 g/mol. The third-order valence-electron chi connectivity index (χ3n) is 7.66. The fourth-order valence-electron chi connectivity index (χ4n) is 5.19. The summed E-state index contributed by atoms with van der Waals surface area (Å²) >= 11 is 0. The number of nitrogens with zero attached hydrogens (tertiary/aromatic N) is 5. The SMILES string of the molecule is CC1(C)CCN(Cc2cc3ccc(Cn4cc(-c5cc(N6CC6)cc(N)c5C=N)nn4)cc3[nH]2)CC1. The van der Waals surface area contributed by atoms with E-state index in [1.807, 2.05) is 16.9 Å². The van der Waals surface area contributed by atoms with Gasteiger partial charge < -0.3 is 21.0 Å². The summed E-state index contributed by atoms with van der Waals surface area (Å²) in [6.07, 6.45) is 5.76. The molecule has 4 aromatic rings. The molecule has 2 aliphatic heterocycles. The first-order valence-corrected chi connectivity index (χ1v) is 12.8. The van der Waals surface area contributed by atoms with Crippen LogP contribution in [0, 0.1) is 10.8 Å². The number of nitrogens with one attached hydrogen (secondary N) is 2. The topological polar surface area (TPSA) is 103 Å². The first kappa shape index (κ1) is 22.8. The summed E-state index contributed by atoms with van der Waals surface area (Å²) in [6.45, 7) is 10.7. The maximum atomic E-state index is 7.85. The molecule has 0 spiro atoms. The minimum atomic E-state index is 0.471. The van der Waals surface area contributed by atoms with E-state index in [4.69, 9.17) is 11.1 Å². The van der Waals surface area contributed by atoms with Crippen molar-refractivity contribution in [2.75, 3.05) is 36.8 Å². The Bertz CT molecular complexity index is 1410. The zero-order valence-corrected chi connectivity index (χ0v) is 21.1. The summed E-state index contributed by atoms with van der Waals surface area (Å²) in [5.41, 5.74) is 14.3. The molecule has 8 nitrogen and oxygen atoms in total. The molecule has 2 saturated heterocycles. The maximum Gasteiger partial charge on any atom is 0.113 e. The van der Waals surface area contributed by atoms with Gasteiger partial charge in [0, 0.05) is 59.6 Å². The average Bonchev–Trinajstić information content (AvgIpc) is 3.47. The third-order valence-corrected chi connectivity index (χ3v) is 7.66. The standard InChI is InChI=1S/C28H34N8/c1-28(2)5-7-34(8-6-28)17-21-12-20-4-3-19(11-26(20)31-21)16-36-18-27(32-33-36)23-13-22(35-9-10-35)14-25(30)24(23)15-29/h3-4,11-15,18,29,31H,5-10,16-17,30H2,1-2H3. The Morgan fingerprint density at radius 2 is 1.86 bits per heavy atom. The van der Waals surface area contributed by atoms with Crippen LogP contribution in [-0.4, -0.2) is 57.3 Å². The molecule has 36 heavy (non-hydrogen) atoms. The van der Waals surface area contributed by atoms with Crippen molar-refractivity contribution in [1.82, 2.24) is 24.9 Å². The quantitative estimate of drug-likeness (QED) is 0.205. The summed E-state index contributed by atoms with van der Waals surface area (Å²) < 4.78 is 1.85. The molecule has 0 amide bonds. The number of aromatic amines is 1. The summed E-state index contributed by atoms with van der Waals surface area (Å²) in [5, 5.41) is 17.9. The molecule has 0 bridgehead atoms. The first-order chi connectivity index (χ1) is 17.4. The van der Waals surface area contributed by atoms with E-state index in [2.05, 4.69) is 69.3 Å². The van der Waals surface area contributed by atoms with Gasteiger partial charge >= 0.3 is 0 Å². The Morgan fingerprint density at radius 1 is 1.06 bits per heavy atom. The van der Waals surface area contributed by atoms with Crippen molar-refractivity contribution in [3.63, 3.8) is 0 Å². The molecule has 186 valence electrons. The van der Waals surface area contributed by atoms with Gasteiger partial charge in [0.2, 0.25) is 0 Å². The van der Waals surface area contributed by atoms with Gasteiger partial charge in [0.15, 0.2) is 0 Å². The van der Waals surface area contributed by atoms with Crippen LogP contribution in [0.4, 0.5) is 11.4 Å². The van der Waals surface area contributed by atoms with Crippen LogP contribution in [0.25, 0.3) is 22.2 Å². The second-order valence-electron chi connectivity index (χ2n) is 11.1. The molecule has 0 aliphatic carbocycles. The molecule has 2 aromatic carbocycles. The van der Waals surface area contributed by atoms with Crippen LogP contribution in [0.5, 0.6) is 0 Å². The van der Waals surface area contributed by atoms with Gasteiger partial charge in [0.05, 0.1) is 12.7 Å². The van der Waals surface area contributed by atoms with Crippen LogP contribution < -0.4 is 10.6 Å². The number of nitrogens with two attached hydrogens (primary N) is 1. The molecule has 2 aliphatic rings. The third kappa shape index (κ3) is 4.60. The van der Waals surface area contributed by atoms with Gasteiger partial charge in [-0.05, 0) is 66.6 Å². The minimum Gasteiger partial charge on any atom is -0.398 e. The van der Waals surface area contributed by atoms with Crippen molar-refractivity contribution in [3.8, 4) is 11.3 Å². The second-order valence-corrected chi connectivity index (χ2v) is 11.1. The largest absolute Gasteiger partial charge is 0.398 e. The van der Waals surface area contributed by atoms with Crippen molar-refractivity contribution in [1.29, 1.82) is 5.41 Å². The predicted molar refractivity (Wildman–Crippen MR) is 146 cm³/mol. The first-order valence-electron chi connectivity index (χ1n) is 12.8. The van der Waals surface area contributed by atoms with Gasteiger partial charge in [0.1, 0.15) is 5.69 Å². The number of fused-ring (bicyclic) bond motifs is 1. The Kier molecular flexibility index (Phi) is 5.56. The normalized spacial score (nSPS) is 17.6. The summed E-state index contributed by atoms with van der Waals surface area (Å²) in [7, 11) is 0. The van der Waals surface area contributed by atoms with Crippen molar-refractivity contribution in [3.05, 3.63) is 59.4 Å². The summed E-state index contributed by atoms with van der Waals surface area (Å²) in [5.74, 6) is 0. The van der Waals surface area contributed by atoms with Gasteiger partial charge in [-0.1, -0.05) is 31.2 Å². The van der Waals surface area contributed by atoms with E-state index in [0.29, 0.717) is 23.2 Å².